The average molecular weight is 249 g/mol. The lowest BCUT2D eigenvalue weighted by atomic mass is 9.63. The third kappa shape index (κ3) is 2.09. The van der Waals surface area contributed by atoms with Gasteiger partial charge in [0.1, 0.15) is 5.76 Å². The van der Waals surface area contributed by atoms with E-state index in [1.54, 1.807) is 6.07 Å². The van der Waals surface area contributed by atoms with Crippen molar-refractivity contribution in [2.75, 3.05) is 18.4 Å². The summed E-state index contributed by atoms with van der Waals surface area (Å²) in [5, 5.41) is 6.55. The van der Waals surface area contributed by atoms with E-state index < -0.39 is 0 Å². The van der Waals surface area contributed by atoms with E-state index in [0.29, 0.717) is 17.0 Å². The van der Waals surface area contributed by atoms with Gasteiger partial charge in [0.25, 0.3) is 0 Å². The third-order valence-electron chi connectivity index (χ3n) is 4.39. The Morgan fingerprint density at radius 1 is 1.39 bits per heavy atom. The largest absolute Gasteiger partial charge is 0.360 e. The predicted molar refractivity (Wildman–Crippen MR) is 67.3 cm³/mol. The van der Waals surface area contributed by atoms with Crippen molar-refractivity contribution in [1.82, 2.24) is 10.1 Å². The first-order valence-corrected chi connectivity index (χ1v) is 6.66. The number of amides is 2. The number of piperidine rings is 1. The molecule has 0 unspecified atom stereocenters. The van der Waals surface area contributed by atoms with Crippen molar-refractivity contribution in [2.45, 2.75) is 39.0 Å². The average Bonchev–Trinajstić information content (AvgIpc) is 2.73. The highest BCUT2D eigenvalue weighted by Crippen LogP contribution is 2.48. The summed E-state index contributed by atoms with van der Waals surface area (Å²) >= 11 is 0. The molecule has 0 atom stereocenters. The predicted octanol–water partition coefficient (Wildman–Crippen LogP) is 2.78. The quantitative estimate of drug-likeness (QED) is 0.832. The molecular weight excluding hydrogens is 230 g/mol. The van der Waals surface area contributed by atoms with Gasteiger partial charge in [0.2, 0.25) is 0 Å². The molecule has 18 heavy (non-hydrogen) atoms. The summed E-state index contributed by atoms with van der Waals surface area (Å²) in [5.74, 6) is 1.21. The Bertz CT molecular complexity index is 441. The zero-order valence-electron chi connectivity index (χ0n) is 10.7. The van der Waals surface area contributed by atoms with Crippen molar-refractivity contribution in [3.63, 3.8) is 0 Å². The van der Waals surface area contributed by atoms with Gasteiger partial charge in [0.05, 0.1) is 0 Å². The Morgan fingerprint density at radius 3 is 2.61 bits per heavy atom. The van der Waals surface area contributed by atoms with E-state index in [9.17, 15) is 4.79 Å². The fraction of sp³-hybridized carbons (Fsp3) is 0.692. The molecule has 5 nitrogen and oxygen atoms in total. The van der Waals surface area contributed by atoms with Crippen LogP contribution < -0.4 is 5.32 Å². The molecule has 0 bridgehead atoms. The highest BCUT2D eigenvalue weighted by Gasteiger charge is 2.40. The monoisotopic (exact) mass is 249 g/mol. The van der Waals surface area contributed by atoms with Crippen LogP contribution in [0.5, 0.6) is 0 Å². The minimum Gasteiger partial charge on any atom is -0.360 e. The molecule has 1 saturated carbocycles. The normalized spacial score (nSPS) is 21.7. The first-order chi connectivity index (χ1) is 8.67. The first-order valence-electron chi connectivity index (χ1n) is 6.66. The fourth-order valence-corrected chi connectivity index (χ4v) is 2.97. The van der Waals surface area contributed by atoms with Crippen molar-refractivity contribution in [3.8, 4) is 0 Å². The maximum absolute atomic E-state index is 12.0. The van der Waals surface area contributed by atoms with Crippen molar-refractivity contribution < 1.29 is 9.32 Å². The number of aryl methyl sites for hydroxylation is 1. The van der Waals surface area contributed by atoms with E-state index in [-0.39, 0.29) is 6.03 Å². The lowest BCUT2D eigenvalue weighted by Crippen LogP contribution is -2.47. The van der Waals surface area contributed by atoms with Gasteiger partial charge in [-0.15, -0.1) is 0 Å². The molecule has 5 heteroatoms. The smallest absolute Gasteiger partial charge is 0.323 e. The van der Waals surface area contributed by atoms with E-state index in [2.05, 4.69) is 10.5 Å². The van der Waals surface area contributed by atoms with Crippen LogP contribution >= 0.6 is 0 Å². The summed E-state index contributed by atoms with van der Waals surface area (Å²) in [7, 11) is 0. The molecule has 1 aromatic rings. The second-order valence-corrected chi connectivity index (χ2v) is 5.59. The molecule has 3 rings (SSSR count). The van der Waals surface area contributed by atoms with Gasteiger partial charge >= 0.3 is 6.03 Å². The fourth-order valence-electron chi connectivity index (χ4n) is 2.97. The molecule has 0 aromatic carbocycles. The van der Waals surface area contributed by atoms with Gasteiger partial charge < -0.3 is 9.42 Å². The van der Waals surface area contributed by atoms with Crippen molar-refractivity contribution >= 4 is 11.8 Å². The zero-order valence-corrected chi connectivity index (χ0v) is 10.7. The summed E-state index contributed by atoms with van der Waals surface area (Å²) in [6, 6.07) is 1.67. The lowest BCUT2D eigenvalue weighted by molar-refractivity contribution is 0.0487. The van der Waals surface area contributed by atoms with Crippen LogP contribution in [0.1, 0.15) is 37.9 Å². The van der Waals surface area contributed by atoms with Crippen molar-refractivity contribution in [3.05, 3.63) is 11.8 Å². The molecule has 0 radical (unpaired) electrons. The van der Waals surface area contributed by atoms with Gasteiger partial charge in [-0.1, -0.05) is 11.6 Å². The number of likely N-dealkylation sites (tertiary alicyclic amines) is 1. The maximum Gasteiger partial charge on any atom is 0.323 e. The molecule has 2 fully saturated rings. The number of nitrogens with zero attached hydrogens (tertiary/aromatic N) is 2. The Labute approximate surface area is 107 Å². The molecular formula is C13H19N3O2. The molecule has 98 valence electrons. The van der Waals surface area contributed by atoms with E-state index in [4.69, 9.17) is 4.52 Å². The molecule has 2 heterocycles. The van der Waals surface area contributed by atoms with Gasteiger partial charge in [-0.3, -0.25) is 5.32 Å². The molecule has 1 spiro atoms. The SMILES string of the molecule is Cc1cc(NC(=O)N2CCC3(CCC3)CC2)no1. The third-order valence-corrected chi connectivity index (χ3v) is 4.39. The number of rotatable bonds is 1. The number of anilines is 1. The summed E-state index contributed by atoms with van der Waals surface area (Å²) < 4.78 is 4.93. The van der Waals surface area contributed by atoms with Crippen molar-refractivity contribution in [1.29, 1.82) is 0 Å². The molecule has 2 aliphatic rings. The van der Waals surface area contributed by atoms with Crippen LogP contribution in [-0.2, 0) is 0 Å². The van der Waals surface area contributed by atoms with Crippen LogP contribution in [0.25, 0.3) is 0 Å². The van der Waals surface area contributed by atoms with Gasteiger partial charge in [0.15, 0.2) is 5.82 Å². The summed E-state index contributed by atoms with van der Waals surface area (Å²) in [6.07, 6.45) is 6.37. The molecule has 1 N–H and O–H groups in total. The van der Waals surface area contributed by atoms with E-state index in [1.807, 2.05) is 11.8 Å². The van der Waals surface area contributed by atoms with E-state index in [1.165, 1.54) is 19.3 Å². The summed E-state index contributed by atoms with van der Waals surface area (Å²) in [4.78, 5) is 13.9. The van der Waals surface area contributed by atoms with Crippen LogP contribution in [-0.4, -0.2) is 29.2 Å². The van der Waals surface area contributed by atoms with Crippen LogP contribution in [0.15, 0.2) is 10.6 Å². The summed E-state index contributed by atoms with van der Waals surface area (Å²) in [6.45, 7) is 3.54. The number of carbonyl (C=O) groups excluding carboxylic acids is 1. The lowest BCUT2D eigenvalue weighted by Gasteiger charge is -2.47. The first kappa shape index (κ1) is 11.6. The molecule has 2 amide bonds. The van der Waals surface area contributed by atoms with Crippen LogP contribution in [0.4, 0.5) is 10.6 Å². The maximum atomic E-state index is 12.0. The molecule has 1 aromatic heterocycles. The number of aromatic nitrogens is 1. The summed E-state index contributed by atoms with van der Waals surface area (Å²) in [5.41, 5.74) is 0.571. The van der Waals surface area contributed by atoms with Gasteiger partial charge in [0, 0.05) is 19.2 Å². The molecule has 1 aliphatic carbocycles. The van der Waals surface area contributed by atoms with Gasteiger partial charge in [-0.2, -0.15) is 0 Å². The number of hydrogen-bond acceptors (Lipinski definition) is 3. The van der Waals surface area contributed by atoms with Gasteiger partial charge in [-0.25, -0.2) is 4.79 Å². The van der Waals surface area contributed by atoms with Crippen LogP contribution in [0.2, 0.25) is 0 Å². The van der Waals surface area contributed by atoms with E-state index >= 15 is 0 Å². The van der Waals surface area contributed by atoms with Crippen molar-refractivity contribution in [2.24, 2.45) is 5.41 Å². The topological polar surface area (TPSA) is 58.4 Å². The number of nitrogens with one attached hydrogen (secondary N) is 1. The van der Waals surface area contributed by atoms with Crippen LogP contribution in [0.3, 0.4) is 0 Å². The van der Waals surface area contributed by atoms with Crippen LogP contribution in [0, 0.1) is 12.3 Å². The number of carbonyl (C=O) groups is 1. The highest BCUT2D eigenvalue weighted by molar-refractivity contribution is 5.88. The Balaban J connectivity index is 1.54. The van der Waals surface area contributed by atoms with E-state index in [0.717, 1.165) is 25.9 Å². The highest BCUT2D eigenvalue weighted by atomic mass is 16.5. The molecule has 1 aliphatic heterocycles. The second-order valence-electron chi connectivity index (χ2n) is 5.59. The second kappa shape index (κ2) is 4.30. The minimum absolute atomic E-state index is 0.0579. The Hall–Kier alpha value is -1.52. The standard InChI is InChI=1S/C13H19N3O2/c1-10-9-11(15-18-10)14-12(17)16-7-5-13(6-8-16)3-2-4-13/h9H,2-8H2,1H3,(H,14,15,17). The zero-order chi connectivity index (χ0) is 12.6. The Morgan fingerprint density at radius 2 is 2.11 bits per heavy atom. The minimum atomic E-state index is -0.0579. The van der Waals surface area contributed by atoms with Gasteiger partial charge in [-0.05, 0) is 38.0 Å². The Kier molecular flexibility index (Phi) is 2.76. The number of urea groups is 1. The number of hydrogen-bond donors (Lipinski definition) is 1. The molecule has 1 saturated heterocycles.